The van der Waals surface area contributed by atoms with Crippen LogP contribution in [-0.4, -0.2) is 21.9 Å². The molecule has 5 nitrogen and oxygen atoms in total. The number of rotatable bonds is 7. The Morgan fingerprint density at radius 2 is 1.84 bits per heavy atom. The lowest BCUT2D eigenvalue weighted by Gasteiger charge is -2.03. The highest BCUT2D eigenvalue weighted by Gasteiger charge is 2.11. The molecule has 0 saturated carbocycles. The third kappa shape index (κ3) is 5.15. The molecule has 7 heteroatoms. The number of para-hydroxylation sites is 1. The Morgan fingerprint density at radius 3 is 2.64 bits per heavy atom. The summed E-state index contributed by atoms with van der Waals surface area (Å²) in [5, 5.41) is 11.0. The van der Waals surface area contributed by atoms with Gasteiger partial charge < -0.3 is 9.73 Å². The minimum Gasteiger partial charge on any atom is -0.416 e. The highest BCUT2D eigenvalue weighted by Crippen LogP contribution is 2.19. The van der Waals surface area contributed by atoms with E-state index in [0.29, 0.717) is 28.9 Å². The molecule has 1 N–H and O–H groups in total. The Labute approximate surface area is 148 Å². The summed E-state index contributed by atoms with van der Waals surface area (Å²) in [6.45, 7) is 0. The van der Waals surface area contributed by atoms with Crippen molar-refractivity contribution in [1.82, 2.24) is 10.2 Å². The first kappa shape index (κ1) is 17.2. The zero-order valence-electron chi connectivity index (χ0n) is 13.3. The summed E-state index contributed by atoms with van der Waals surface area (Å²) in [5.41, 5.74) is 1.27. The van der Waals surface area contributed by atoms with Gasteiger partial charge in [-0.05, 0) is 23.8 Å². The predicted molar refractivity (Wildman–Crippen MR) is 93.9 cm³/mol. The Hall–Kier alpha value is -2.67. The van der Waals surface area contributed by atoms with Gasteiger partial charge in [0.2, 0.25) is 11.8 Å². The van der Waals surface area contributed by atoms with Gasteiger partial charge in [-0.2, -0.15) is 0 Å². The quantitative estimate of drug-likeness (QED) is 0.649. The van der Waals surface area contributed by atoms with Crippen LogP contribution in [0.15, 0.2) is 64.2 Å². The molecule has 0 aliphatic carbocycles. The average Bonchev–Trinajstić information content (AvgIpc) is 3.05. The van der Waals surface area contributed by atoms with Crippen molar-refractivity contribution < 1.29 is 13.6 Å². The molecular formula is C18H16FN3O2S. The van der Waals surface area contributed by atoms with Crippen LogP contribution in [0.4, 0.5) is 10.1 Å². The Morgan fingerprint density at radius 1 is 1.08 bits per heavy atom. The van der Waals surface area contributed by atoms with Gasteiger partial charge in [0.1, 0.15) is 5.82 Å². The molecule has 0 atom stereocenters. The number of aromatic nitrogens is 2. The molecule has 0 bridgehead atoms. The standard InChI is InChI=1S/C18H16FN3O2S/c19-15-9-5-4-6-13(15)12-17-21-22-18(24-17)25-11-10-16(23)20-14-7-2-1-3-8-14/h1-9H,10-12H2,(H,20,23). The van der Waals surface area contributed by atoms with E-state index in [1.54, 1.807) is 18.2 Å². The van der Waals surface area contributed by atoms with Gasteiger partial charge in [0, 0.05) is 17.9 Å². The number of carbonyl (C=O) groups excluding carboxylic acids is 1. The molecule has 1 heterocycles. The van der Waals surface area contributed by atoms with E-state index >= 15 is 0 Å². The summed E-state index contributed by atoms with van der Waals surface area (Å²) in [6, 6.07) is 15.7. The summed E-state index contributed by atoms with van der Waals surface area (Å²) < 4.78 is 19.1. The first-order valence-electron chi connectivity index (χ1n) is 7.74. The molecule has 0 saturated heterocycles. The van der Waals surface area contributed by atoms with Crippen molar-refractivity contribution in [1.29, 1.82) is 0 Å². The van der Waals surface area contributed by atoms with Crippen molar-refractivity contribution in [3.63, 3.8) is 0 Å². The molecule has 128 valence electrons. The zero-order chi connectivity index (χ0) is 17.5. The predicted octanol–water partition coefficient (Wildman–Crippen LogP) is 3.92. The molecule has 0 fully saturated rings. The fourth-order valence-corrected chi connectivity index (χ4v) is 2.86. The molecule has 3 aromatic rings. The number of thioether (sulfide) groups is 1. The number of hydrogen-bond donors (Lipinski definition) is 1. The van der Waals surface area contributed by atoms with Gasteiger partial charge in [0.15, 0.2) is 0 Å². The van der Waals surface area contributed by atoms with Crippen LogP contribution < -0.4 is 5.32 Å². The maximum Gasteiger partial charge on any atom is 0.276 e. The number of nitrogens with one attached hydrogen (secondary N) is 1. The van der Waals surface area contributed by atoms with Crippen LogP contribution in [0.25, 0.3) is 0 Å². The van der Waals surface area contributed by atoms with E-state index < -0.39 is 0 Å². The fraction of sp³-hybridized carbons (Fsp3) is 0.167. The highest BCUT2D eigenvalue weighted by molar-refractivity contribution is 7.99. The summed E-state index contributed by atoms with van der Waals surface area (Å²) >= 11 is 1.30. The van der Waals surface area contributed by atoms with Crippen LogP contribution in [0.3, 0.4) is 0 Å². The smallest absolute Gasteiger partial charge is 0.276 e. The molecule has 0 aliphatic heterocycles. The molecular weight excluding hydrogens is 341 g/mol. The number of hydrogen-bond acceptors (Lipinski definition) is 5. The largest absolute Gasteiger partial charge is 0.416 e. The highest BCUT2D eigenvalue weighted by atomic mass is 32.2. The Balaban J connectivity index is 1.46. The Bertz CT molecular complexity index is 839. The van der Waals surface area contributed by atoms with Crippen LogP contribution in [0.5, 0.6) is 0 Å². The number of anilines is 1. The number of nitrogens with zero attached hydrogens (tertiary/aromatic N) is 2. The average molecular weight is 357 g/mol. The third-order valence-electron chi connectivity index (χ3n) is 3.36. The number of benzene rings is 2. The van der Waals surface area contributed by atoms with Gasteiger partial charge in [-0.15, -0.1) is 10.2 Å². The second-order valence-corrected chi connectivity index (χ2v) is 6.29. The molecule has 0 unspecified atom stereocenters. The maximum atomic E-state index is 13.6. The normalized spacial score (nSPS) is 10.6. The molecule has 1 aromatic heterocycles. The number of amides is 1. The van der Waals surface area contributed by atoms with Crippen LogP contribution in [-0.2, 0) is 11.2 Å². The van der Waals surface area contributed by atoms with Crippen molar-refractivity contribution in [2.45, 2.75) is 18.1 Å². The molecule has 0 radical (unpaired) electrons. The third-order valence-corrected chi connectivity index (χ3v) is 4.18. The van der Waals surface area contributed by atoms with Crippen LogP contribution in [0, 0.1) is 5.82 Å². The molecule has 25 heavy (non-hydrogen) atoms. The van der Waals surface area contributed by atoms with Crippen LogP contribution >= 0.6 is 11.8 Å². The second kappa shape index (κ2) is 8.43. The summed E-state index contributed by atoms with van der Waals surface area (Å²) in [5.74, 6) is 0.485. The van der Waals surface area contributed by atoms with Crippen molar-refractivity contribution in [2.24, 2.45) is 0 Å². The SMILES string of the molecule is O=C(CCSc1nnc(Cc2ccccc2F)o1)Nc1ccccc1. The van der Waals surface area contributed by atoms with Gasteiger partial charge in [-0.3, -0.25) is 4.79 Å². The minimum absolute atomic E-state index is 0.0789. The topological polar surface area (TPSA) is 68.0 Å². The first-order valence-corrected chi connectivity index (χ1v) is 8.73. The van der Waals surface area contributed by atoms with E-state index in [1.807, 2.05) is 30.3 Å². The fourth-order valence-electron chi connectivity index (χ4n) is 2.15. The minimum atomic E-state index is -0.299. The first-order chi connectivity index (χ1) is 12.2. The number of carbonyl (C=O) groups is 1. The lowest BCUT2D eigenvalue weighted by molar-refractivity contribution is -0.115. The summed E-state index contributed by atoms with van der Waals surface area (Å²) in [4.78, 5) is 11.9. The number of halogens is 1. The molecule has 0 spiro atoms. The van der Waals surface area contributed by atoms with E-state index in [4.69, 9.17) is 4.42 Å². The Kier molecular flexibility index (Phi) is 5.79. The van der Waals surface area contributed by atoms with Crippen LogP contribution in [0.2, 0.25) is 0 Å². The van der Waals surface area contributed by atoms with Gasteiger partial charge in [0.25, 0.3) is 5.22 Å². The van der Waals surface area contributed by atoms with Crippen LogP contribution in [0.1, 0.15) is 17.9 Å². The monoisotopic (exact) mass is 357 g/mol. The summed E-state index contributed by atoms with van der Waals surface area (Å²) in [6.07, 6.45) is 0.569. The van der Waals surface area contributed by atoms with E-state index in [-0.39, 0.29) is 18.1 Å². The molecule has 0 aliphatic rings. The van der Waals surface area contributed by atoms with E-state index in [0.717, 1.165) is 5.69 Å². The maximum absolute atomic E-state index is 13.6. The lowest BCUT2D eigenvalue weighted by atomic mass is 10.1. The van der Waals surface area contributed by atoms with Gasteiger partial charge in [-0.25, -0.2) is 4.39 Å². The van der Waals surface area contributed by atoms with Crippen molar-refractivity contribution in [2.75, 3.05) is 11.1 Å². The molecule has 2 aromatic carbocycles. The van der Waals surface area contributed by atoms with Crippen molar-refractivity contribution >= 4 is 23.4 Å². The molecule has 3 rings (SSSR count). The van der Waals surface area contributed by atoms with Gasteiger partial charge >= 0.3 is 0 Å². The summed E-state index contributed by atoms with van der Waals surface area (Å²) in [7, 11) is 0. The second-order valence-electron chi connectivity index (χ2n) is 5.24. The lowest BCUT2D eigenvalue weighted by Crippen LogP contribution is -2.11. The van der Waals surface area contributed by atoms with Gasteiger partial charge in [-0.1, -0.05) is 48.2 Å². The van der Waals surface area contributed by atoms with Crippen molar-refractivity contribution in [3.8, 4) is 0 Å². The van der Waals surface area contributed by atoms with E-state index in [9.17, 15) is 9.18 Å². The van der Waals surface area contributed by atoms with Crippen molar-refractivity contribution in [3.05, 3.63) is 71.9 Å². The zero-order valence-corrected chi connectivity index (χ0v) is 14.1. The van der Waals surface area contributed by atoms with E-state index in [2.05, 4.69) is 15.5 Å². The molecule has 1 amide bonds. The van der Waals surface area contributed by atoms with Gasteiger partial charge in [0.05, 0.1) is 6.42 Å². The van der Waals surface area contributed by atoms with E-state index in [1.165, 1.54) is 17.8 Å².